The second kappa shape index (κ2) is 7.78. The van der Waals surface area contributed by atoms with E-state index in [1.165, 1.54) is 29.3 Å². The van der Waals surface area contributed by atoms with Crippen molar-refractivity contribution < 1.29 is 28.0 Å². The lowest BCUT2D eigenvalue weighted by molar-refractivity contribution is -0.188. The van der Waals surface area contributed by atoms with Crippen molar-refractivity contribution >= 4 is 33.4 Å². The molecule has 1 heterocycles. The van der Waals surface area contributed by atoms with Gasteiger partial charge in [-0.15, -0.1) is 5.06 Å². The molecule has 0 saturated carbocycles. The van der Waals surface area contributed by atoms with E-state index < -0.39 is 26.7 Å². The van der Waals surface area contributed by atoms with Crippen molar-refractivity contribution in [3.63, 3.8) is 0 Å². The van der Waals surface area contributed by atoms with Gasteiger partial charge in [-0.05, 0) is 37.1 Å². The molecule has 0 radical (unpaired) electrons. The summed E-state index contributed by atoms with van der Waals surface area (Å²) in [6.07, 6.45) is 3.22. The van der Waals surface area contributed by atoms with Crippen LogP contribution in [0.2, 0.25) is 5.02 Å². The number of aliphatic carboxylic acids is 1. The van der Waals surface area contributed by atoms with E-state index in [2.05, 4.69) is 0 Å². The molecule has 1 aromatic carbocycles. The van der Waals surface area contributed by atoms with Crippen molar-refractivity contribution in [1.29, 1.82) is 0 Å². The van der Waals surface area contributed by atoms with Crippen LogP contribution in [0.5, 0.6) is 0 Å². The summed E-state index contributed by atoms with van der Waals surface area (Å²) in [6, 6.07) is 4.98. The molecule has 1 aliphatic heterocycles. The van der Waals surface area contributed by atoms with E-state index in [9.17, 15) is 23.1 Å². The van der Waals surface area contributed by atoms with Crippen LogP contribution in [-0.4, -0.2) is 43.6 Å². The van der Waals surface area contributed by atoms with Crippen LogP contribution in [0, 0.1) is 0 Å². The average Bonchev–Trinajstić information content (AvgIpc) is 2.53. The van der Waals surface area contributed by atoms with E-state index in [0.717, 1.165) is 19.3 Å². The molecular formula is C15H16ClNO6S. The topological polar surface area (TPSA) is 101 Å². The molecule has 24 heavy (non-hydrogen) atoms. The van der Waals surface area contributed by atoms with Gasteiger partial charge in [0.1, 0.15) is 0 Å². The fourth-order valence-corrected chi connectivity index (χ4v) is 3.57. The van der Waals surface area contributed by atoms with E-state index in [4.69, 9.17) is 16.4 Å². The van der Waals surface area contributed by atoms with Crippen LogP contribution in [0.3, 0.4) is 0 Å². The fraction of sp³-hybridized carbons (Fsp3) is 0.333. The number of carbonyl (C=O) groups excluding carboxylic acids is 1. The molecule has 130 valence electrons. The Morgan fingerprint density at radius 2 is 1.71 bits per heavy atom. The zero-order chi connectivity index (χ0) is 17.7. The Kier molecular flexibility index (Phi) is 5.98. The van der Waals surface area contributed by atoms with Crippen molar-refractivity contribution in [2.75, 3.05) is 13.1 Å². The Bertz CT molecular complexity index is 751. The highest BCUT2D eigenvalue weighted by Crippen LogP contribution is 2.22. The monoisotopic (exact) mass is 373 g/mol. The summed E-state index contributed by atoms with van der Waals surface area (Å²) in [4.78, 5) is 26.9. The highest BCUT2D eigenvalue weighted by Gasteiger charge is 2.29. The minimum Gasteiger partial charge on any atom is -0.477 e. The number of benzene rings is 1. The van der Waals surface area contributed by atoms with E-state index in [1.807, 2.05) is 0 Å². The SMILES string of the molecule is O=C(/C=C(/C(=O)O)S(=O)(=O)c1ccc(Cl)cc1)ON1CCCCC1. The number of hydrogen-bond acceptors (Lipinski definition) is 6. The van der Waals surface area contributed by atoms with Crippen molar-refractivity contribution in [3.8, 4) is 0 Å². The van der Waals surface area contributed by atoms with Crippen molar-refractivity contribution in [2.24, 2.45) is 0 Å². The first-order chi connectivity index (χ1) is 11.3. The van der Waals surface area contributed by atoms with Gasteiger partial charge in [0.15, 0.2) is 4.91 Å². The number of piperidine rings is 1. The smallest absolute Gasteiger partial charge is 0.351 e. The third-order valence-corrected chi connectivity index (χ3v) is 5.42. The average molecular weight is 374 g/mol. The van der Waals surface area contributed by atoms with E-state index in [1.54, 1.807) is 0 Å². The minimum absolute atomic E-state index is 0.272. The van der Waals surface area contributed by atoms with Crippen LogP contribution >= 0.6 is 11.6 Å². The minimum atomic E-state index is -4.37. The molecule has 0 amide bonds. The van der Waals surface area contributed by atoms with Gasteiger partial charge in [0.05, 0.1) is 11.0 Å². The summed E-state index contributed by atoms with van der Waals surface area (Å²) in [7, 11) is -4.37. The lowest BCUT2D eigenvalue weighted by atomic mass is 10.2. The van der Waals surface area contributed by atoms with Crippen molar-refractivity contribution in [1.82, 2.24) is 5.06 Å². The summed E-state index contributed by atoms with van der Waals surface area (Å²) in [5, 5.41) is 10.9. The van der Waals surface area contributed by atoms with Crippen LogP contribution in [0.15, 0.2) is 40.1 Å². The van der Waals surface area contributed by atoms with Gasteiger partial charge in [-0.25, -0.2) is 18.0 Å². The second-order valence-corrected chi connectivity index (χ2v) is 7.53. The van der Waals surface area contributed by atoms with Gasteiger partial charge in [0.25, 0.3) is 0 Å². The highest BCUT2D eigenvalue weighted by molar-refractivity contribution is 7.96. The Morgan fingerprint density at radius 3 is 2.25 bits per heavy atom. The third-order valence-electron chi connectivity index (χ3n) is 3.41. The maximum atomic E-state index is 12.4. The predicted octanol–water partition coefficient (Wildman–Crippen LogP) is 2.03. The van der Waals surface area contributed by atoms with Gasteiger partial charge < -0.3 is 9.94 Å². The molecule has 0 unspecified atom stereocenters. The number of carbonyl (C=O) groups is 2. The number of hydrogen-bond donors (Lipinski definition) is 1. The lowest BCUT2D eigenvalue weighted by Gasteiger charge is -2.24. The van der Waals surface area contributed by atoms with Gasteiger partial charge in [0.2, 0.25) is 9.84 Å². The summed E-state index contributed by atoms with van der Waals surface area (Å²) >= 11 is 5.69. The zero-order valence-corrected chi connectivity index (χ0v) is 14.2. The lowest BCUT2D eigenvalue weighted by Crippen LogP contribution is -2.32. The standard InChI is InChI=1S/C15H16ClNO6S/c16-11-4-6-12(7-5-11)24(21,22)13(15(19)20)10-14(18)23-17-8-2-1-3-9-17/h4-7,10H,1-3,8-9H2,(H,19,20)/b13-10-. The molecule has 0 spiro atoms. The number of sulfone groups is 1. The third kappa shape index (κ3) is 4.56. The first-order valence-electron chi connectivity index (χ1n) is 7.23. The zero-order valence-electron chi connectivity index (χ0n) is 12.6. The molecule has 2 rings (SSSR count). The molecular weight excluding hydrogens is 358 g/mol. The molecule has 0 atom stereocenters. The molecule has 0 bridgehead atoms. The van der Waals surface area contributed by atoms with Crippen LogP contribution in [-0.2, 0) is 24.3 Å². The van der Waals surface area contributed by atoms with E-state index in [-0.39, 0.29) is 4.90 Å². The van der Waals surface area contributed by atoms with Gasteiger partial charge in [-0.1, -0.05) is 18.0 Å². The Morgan fingerprint density at radius 1 is 1.12 bits per heavy atom. The fourth-order valence-electron chi connectivity index (χ4n) is 2.21. The normalized spacial score (nSPS) is 16.6. The quantitative estimate of drug-likeness (QED) is 0.788. The molecule has 9 heteroatoms. The molecule has 0 aromatic heterocycles. The molecule has 1 fully saturated rings. The maximum absolute atomic E-state index is 12.4. The second-order valence-electron chi connectivity index (χ2n) is 5.17. The number of hydroxylamine groups is 2. The molecule has 1 saturated heterocycles. The van der Waals surface area contributed by atoms with Crippen LogP contribution < -0.4 is 0 Å². The number of carboxylic acids is 1. The highest BCUT2D eigenvalue weighted by atomic mass is 35.5. The van der Waals surface area contributed by atoms with E-state index in [0.29, 0.717) is 24.2 Å². The first-order valence-corrected chi connectivity index (χ1v) is 9.09. The maximum Gasteiger partial charge on any atom is 0.351 e. The Balaban J connectivity index is 2.25. The summed E-state index contributed by atoms with van der Waals surface area (Å²) in [5.74, 6) is -2.77. The van der Waals surface area contributed by atoms with E-state index >= 15 is 0 Å². The summed E-state index contributed by atoms with van der Waals surface area (Å²) < 4.78 is 24.8. The van der Waals surface area contributed by atoms with Crippen LogP contribution in [0.25, 0.3) is 0 Å². The molecule has 1 aliphatic rings. The molecule has 0 aliphatic carbocycles. The number of carboxylic acid groups (broad SMARTS) is 1. The largest absolute Gasteiger partial charge is 0.477 e. The van der Waals surface area contributed by atoms with Gasteiger partial charge in [-0.3, -0.25) is 0 Å². The Hall–Kier alpha value is -1.90. The number of nitrogens with zero attached hydrogens (tertiary/aromatic N) is 1. The number of halogens is 1. The molecule has 1 aromatic rings. The van der Waals surface area contributed by atoms with Crippen LogP contribution in [0.4, 0.5) is 0 Å². The summed E-state index contributed by atoms with van der Waals surface area (Å²) in [5.41, 5.74) is 0. The first kappa shape index (κ1) is 18.4. The molecule has 1 N–H and O–H groups in total. The van der Waals surface area contributed by atoms with Gasteiger partial charge in [-0.2, -0.15) is 0 Å². The predicted molar refractivity (Wildman–Crippen MR) is 85.9 cm³/mol. The van der Waals surface area contributed by atoms with Gasteiger partial charge in [0, 0.05) is 18.1 Å². The van der Waals surface area contributed by atoms with Crippen LogP contribution in [0.1, 0.15) is 19.3 Å². The van der Waals surface area contributed by atoms with Crippen molar-refractivity contribution in [2.45, 2.75) is 24.2 Å². The molecule has 7 nitrogen and oxygen atoms in total. The Labute approximate surface area is 144 Å². The number of rotatable bonds is 5. The van der Waals surface area contributed by atoms with Crippen molar-refractivity contribution in [3.05, 3.63) is 40.3 Å². The summed E-state index contributed by atoms with van der Waals surface area (Å²) in [6.45, 7) is 1.07. The van der Waals surface area contributed by atoms with Gasteiger partial charge >= 0.3 is 11.9 Å².